The van der Waals surface area contributed by atoms with Gasteiger partial charge in [0.05, 0.1) is 21.3 Å². The maximum Gasteiger partial charge on any atom is 0.225 e. The predicted octanol–water partition coefficient (Wildman–Crippen LogP) is 4.26. The van der Waals surface area contributed by atoms with Crippen LogP contribution in [0.25, 0.3) is 11.3 Å². The molecule has 3 rings (SSSR count). The molecule has 8 nitrogen and oxygen atoms in total. The van der Waals surface area contributed by atoms with Crippen LogP contribution in [0.15, 0.2) is 53.1 Å². The van der Waals surface area contributed by atoms with E-state index in [-0.39, 0.29) is 5.91 Å². The number of nitrogens with zero attached hydrogens (tertiary/aromatic N) is 2. The molecule has 1 amide bonds. The average molecular weight is 454 g/mol. The lowest BCUT2D eigenvalue weighted by molar-refractivity contribution is -0.116. The van der Waals surface area contributed by atoms with Crippen LogP contribution in [0.2, 0.25) is 0 Å². The van der Waals surface area contributed by atoms with Gasteiger partial charge in [0, 0.05) is 48.8 Å². The highest BCUT2D eigenvalue weighted by atomic mass is 16.5. The van der Waals surface area contributed by atoms with Gasteiger partial charge in [-0.25, -0.2) is 0 Å². The van der Waals surface area contributed by atoms with E-state index in [9.17, 15) is 4.79 Å². The molecule has 0 aliphatic heterocycles. The lowest BCUT2D eigenvalue weighted by Gasteiger charge is -2.17. The van der Waals surface area contributed by atoms with E-state index in [0.29, 0.717) is 35.9 Å². The van der Waals surface area contributed by atoms with Crippen LogP contribution < -0.4 is 19.5 Å². The molecule has 0 atom stereocenters. The Bertz CT molecular complexity index is 1010. The van der Waals surface area contributed by atoms with Crippen molar-refractivity contribution in [2.75, 3.05) is 46.8 Å². The summed E-state index contributed by atoms with van der Waals surface area (Å²) in [5, 5.41) is 7.05. The Morgan fingerprint density at radius 2 is 1.70 bits per heavy atom. The number of anilines is 1. The lowest BCUT2D eigenvalue weighted by Crippen LogP contribution is -2.25. The van der Waals surface area contributed by atoms with Gasteiger partial charge >= 0.3 is 0 Å². The average Bonchev–Trinajstić information content (AvgIpc) is 3.31. The van der Waals surface area contributed by atoms with E-state index in [0.717, 1.165) is 36.4 Å². The van der Waals surface area contributed by atoms with Crippen molar-refractivity contribution in [3.05, 3.63) is 54.3 Å². The van der Waals surface area contributed by atoms with Gasteiger partial charge in [0.25, 0.3) is 0 Å². The maximum atomic E-state index is 12.4. The fraction of sp³-hybridized carbons (Fsp3) is 0.360. The number of rotatable bonds is 12. The first-order valence-electron chi connectivity index (χ1n) is 10.8. The molecule has 0 radical (unpaired) electrons. The quantitative estimate of drug-likeness (QED) is 0.438. The van der Waals surface area contributed by atoms with Crippen molar-refractivity contribution in [3.8, 4) is 28.5 Å². The van der Waals surface area contributed by atoms with Gasteiger partial charge in [-0.15, -0.1) is 0 Å². The summed E-state index contributed by atoms with van der Waals surface area (Å²) in [5.41, 5.74) is 2.49. The van der Waals surface area contributed by atoms with E-state index in [1.54, 1.807) is 33.5 Å². The van der Waals surface area contributed by atoms with Crippen LogP contribution in [0.3, 0.4) is 0 Å². The van der Waals surface area contributed by atoms with Crippen LogP contribution in [0, 0.1) is 0 Å². The standard InChI is InChI=1S/C25H31N3O5/c1-28(13-8-11-20-17-21(27-33-20)18-9-6-5-7-10-18)14-12-24(29)26-19-15-22(30-2)25(32-4)23(16-19)31-3/h5-7,9-10,15-17H,8,11-14H2,1-4H3,(H,26,29). The first kappa shape index (κ1) is 24.1. The SMILES string of the molecule is COc1cc(NC(=O)CCN(C)CCCc2cc(-c3ccccc3)no2)cc(OC)c1OC. The molecular formula is C25H31N3O5. The number of aryl methyl sites for hydroxylation is 1. The number of nitrogens with one attached hydrogen (secondary N) is 1. The van der Waals surface area contributed by atoms with Gasteiger partial charge < -0.3 is 29.0 Å². The first-order valence-corrected chi connectivity index (χ1v) is 10.8. The molecule has 1 aromatic heterocycles. The minimum atomic E-state index is -0.0844. The summed E-state index contributed by atoms with van der Waals surface area (Å²) in [5.74, 6) is 2.25. The van der Waals surface area contributed by atoms with Crippen molar-refractivity contribution >= 4 is 11.6 Å². The van der Waals surface area contributed by atoms with Gasteiger partial charge in [0.1, 0.15) is 11.5 Å². The van der Waals surface area contributed by atoms with Crippen LogP contribution >= 0.6 is 0 Å². The summed E-state index contributed by atoms with van der Waals surface area (Å²) in [4.78, 5) is 14.6. The molecule has 0 unspecified atom stereocenters. The molecule has 0 saturated carbocycles. The third-order valence-corrected chi connectivity index (χ3v) is 5.26. The summed E-state index contributed by atoms with van der Waals surface area (Å²) in [6.07, 6.45) is 2.07. The summed E-state index contributed by atoms with van der Waals surface area (Å²) in [6, 6.07) is 15.4. The zero-order valence-corrected chi connectivity index (χ0v) is 19.6. The third-order valence-electron chi connectivity index (χ3n) is 5.26. The van der Waals surface area contributed by atoms with Gasteiger partial charge in [-0.2, -0.15) is 0 Å². The highest BCUT2D eigenvalue weighted by Gasteiger charge is 2.15. The zero-order valence-electron chi connectivity index (χ0n) is 19.6. The van der Waals surface area contributed by atoms with Gasteiger partial charge in [-0.05, 0) is 20.0 Å². The number of benzene rings is 2. The summed E-state index contributed by atoms with van der Waals surface area (Å²) >= 11 is 0. The minimum absolute atomic E-state index is 0.0844. The summed E-state index contributed by atoms with van der Waals surface area (Å²) in [6.45, 7) is 1.49. The monoisotopic (exact) mass is 453 g/mol. The molecular weight excluding hydrogens is 422 g/mol. The van der Waals surface area contributed by atoms with Crippen molar-refractivity contribution in [3.63, 3.8) is 0 Å². The maximum absolute atomic E-state index is 12.4. The zero-order chi connectivity index (χ0) is 23.6. The molecule has 0 saturated heterocycles. The second kappa shape index (κ2) is 11.9. The molecule has 0 bridgehead atoms. The van der Waals surface area contributed by atoms with Crippen LogP contribution in [-0.2, 0) is 11.2 Å². The Labute approximate surface area is 194 Å². The normalized spacial score (nSPS) is 10.8. The van der Waals surface area contributed by atoms with E-state index < -0.39 is 0 Å². The molecule has 8 heteroatoms. The Balaban J connectivity index is 1.42. The number of carbonyl (C=O) groups is 1. The molecule has 0 aliphatic carbocycles. The van der Waals surface area contributed by atoms with Gasteiger partial charge in [-0.1, -0.05) is 35.5 Å². The topological polar surface area (TPSA) is 86.1 Å². The lowest BCUT2D eigenvalue weighted by atomic mass is 10.1. The van der Waals surface area contributed by atoms with Crippen LogP contribution in [0.4, 0.5) is 5.69 Å². The van der Waals surface area contributed by atoms with E-state index in [1.165, 1.54) is 0 Å². The Morgan fingerprint density at radius 3 is 2.33 bits per heavy atom. The molecule has 2 aromatic carbocycles. The fourth-order valence-corrected chi connectivity index (χ4v) is 3.48. The molecule has 1 heterocycles. The largest absolute Gasteiger partial charge is 0.493 e. The summed E-state index contributed by atoms with van der Waals surface area (Å²) < 4.78 is 21.4. The molecule has 0 aliphatic rings. The van der Waals surface area contributed by atoms with Crippen molar-refractivity contribution in [2.24, 2.45) is 0 Å². The predicted molar refractivity (Wildman–Crippen MR) is 127 cm³/mol. The van der Waals surface area contributed by atoms with Gasteiger partial charge in [-0.3, -0.25) is 4.79 Å². The van der Waals surface area contributed by atoms with E-state index in [1.807, 2.05) is 43.4 Å². The molecule has 176 valence electrons. The molecule has 1 N–H and O–H groups in total. The second-order valence-electron chi connectivity index (χ2n) is 7.66. The minimum Gasteiger partial charge on any atom is -0.493 e. The van der Waals surface area contributed by atoms with Crippen LogP contribution in [0.5, 0.6) is 17.2 Å². The van der Waals surface area contributed by atoms with Crippen molar-refractivity contribution in [1.82, 2.24) is 10.1 Å². The second-order valence-corrected chi connectivity index (χ2v) is 7.66. The molecule has 33 heavy (non-hydrogen) atoms. The number of amides is 1. The van der Waals surface area contributed by atoms with Gasteiger partial charge in [0.15, 0.2) is 11.5 Å². The highest BCUT2D eigenvalue weighted by Crippen LogP contribution is 2.39. The van der Waals surface area contributed by atoms with Crippen molar-refractivity contribution in [2.45, 2.75) is 19.3 Å². The number of carbonyl (C=O) groups excluding carboxylic acids is 1. The molecule has 3 aromatic rings. The van der Waals surface area contributed by atoms with E-state index in [2.05, 4.69) is 15.4 Å². The third kappa shape index (κ3) is 6.73. The van der Waals surface area contributed by atoms with Gasteiger partial charge in [0.2, 0.25) is 11.7 Å². The Morgan fingerprint density at radius 1 is 1.00 bits per heavy atom. The Hall–Kier alpha value is -3.52. The number of hydrogen-bond acceptors (Lipinski definition) is 7. The molecule has 0 spiro atoms. The first-order chi connectivity index (χ1) is 16.0. The van der Waals surface area contributed by atoms with Crippen LogP contribution in [-0.4, -0.2) is 57.4 Å². The smallest absolute Gasteiger partial charge is 0.225 e. The highest BCUT2D eigenvalue weighted by molar-refractivity contribution is 5.91. The Kier molecular flexibility index (Phi) is 8.71. The number of hydrogen-bond donors (Lipinski definition) is 1. The summed E-state index contributed by atoms with van der Waals surface area (Å²) in [7, 11) is 6.62. The number of methoxy groups -OCH3 is 3. The van der Waals surface area contributed by atoms with E-state index in [4.69, 9.17) is 18.7 Å². The number of ether oxygens (including phenoxy) is 3. The fourth-order valence-electron chi connectivity index (χ4n) is 3.48. The van der Waals surface area contributed by atoms with Crippen molar-refractivity contribution < 1.29 is 23.5 Å². The van der Waals surface area contributed by atoms with E-state index >= 15 is 0 Å². The van der Waals surface area contributed by atoms with Crippen molar-refractivity contribution in [1.29, 1.82) is 0 Å². The van der Waals surface area contributed by atoms with Crippen LogP contribution in [0.1, 0.15) is 18.6 Å². The number of aromatic nitrogens is 1. The molecule has 0 fully saturated rings.